The fourth-order valence-corrected chi connectivity index (χ4v) is 2.52. The molecule has 0 bridgehead atoms. The summed E-state index contributed by atoms with van der Waals surface area (Å²) in [5.41, 5.74) is -0.976. The van der Waals surface area contributed by atoms with Gasteiger partial charge < -0.3 is 10.0 Å². The van der Waals surface area contributed by atoms with Gasteiger partial charge in [0.1, 0.15) is 5.54 Å². The summed E-state index contributed by atoms with van der Waals surface area (Å²) in [5.74, 6) is 0.0447. The van der Waals surface area contributed by atoms with E-state index in [2.05, 4.69) is 0 Å². The lowest BCUT2D eigenvalue weighted by atomic mass is 9.99. The Bertz CT molecular complexity index is 282. The molecule has 0 spiro atoms. The summed E-state index contributed by atoms with van der Waals surface area (Å²) >= 11 is 1.71. The van der Waals surface area contributed by atoms with Crippen LogP contribution in [0.2, 0.25) is 0 Å². The molecule has 0 aromatic carbocycles. The van der Waals surface area contributed by atoms with Crippen molar-refractivity contribution in [1.82, 2.24) is 4.90 Å². The van der Waals surface area contributed by atoms with Crippen LogP contribution in [0, 0.1) is 0 Å². The molecule has 1 aliphatic rings. The second kappa shape index (κ2) is 5.57. The molecule has 1 fully saturated rings. The van der Waals surface area contributed by atoms with E-state index in [4.69, 9.17) is 5.11 Å². The second-order valence-electron chi connectivity index (χ2n) is 4.32. The van der Waals surface area contributed by atoms with Crippen molar-refractivity contribution in [2.45, 2.75) is 38.1 Å². The molecule has 1 aliphatic heterocycles. The van der Waals surface area contributed by atoms with Gasteiger partial charge in [-0.15, -0.1) is 0 Å². The van der Waals surface area contributed by atoms with Gasteiger partial charge in [-0.2, -0.15) is 11.8 Å². The number of carboxylic acid groups (broad SMARTS) is 1. The minimum Gasteiger partial charge on any atom is -0.480 e. The molecular weight excluding hydrogens is 226 g/mol. The quantitative estimate of drug-likeness (QED) is 0.747. The van der Waals surface area contributed by atoms with Crippen molar-refractivity contribution >= 4 is 23.6 Å². The summed E-state index contributed by atoms with van der Waals surface area (Å²) < 4.78 is 0. The number of carbonyl (C=O) groups is 2. The highest BCUT2D eigenvalue weighted by atomic mass is 32.2. The van der Waals surface area contributed by atoms with E-state index in [1.165, 1.54) is 4.90 Å². The molecule has 92 valence electrons. The number of nitrogens with zero attached hydrogens (tertiary/aromatic N) is 1. The lowest BCUT2D eigenvalue weighted by Gasteiger charge is -2.31. The number of hydrogen-bond acceptors (Lipinski definition) is 3. The van der Waals surface area contributed by atoms with Crippen LogP contribution in [-0.4, -0.2) is 46.0 Å². The van der Waals surface area contributed by atoms with Gasteiger partial charge in [0, 0.05) is 13.0 Å². The Kier molecular flexibility index (Phi) is 4.65. The van der Waals surface area contributed by atoms with Crippen LogP contribution in [-0.2, 0) is 9.59 Å². The molecule has 0 aliphatic carbocycles. The largest absolute Gasteiger partial charge is 0.480 e. The van der Waals surface area contributed by atoms with Crippen LogP contribution < -0.4 is 0 Å². The Morgan fingerprint density at radius 1 is 1.50 bits per heavy atom. The summed E-state index contributed by atoms with van der Waals surface area (Å²) in [4.78, 5) is 24.6. The third kappa shape index (κ3) is 2.70. The van der Waals surface area contributed by atoms with Gasteiger partial charge >= 0.3 is 5.97 Å². The summed E-state index contributed by atoms with van der Waals surface area (Å²) in [6.45, 7) is 2.23. The number of carbonyl (C=O) groups excluding carboxylic acids is 1. The zero-order chi connectivity index (χ0) is 12.2. The topological polar surface area (TPSA) is 57.6 Å². The Balaban J connectivity index is 2.58. The molecule has 1 heterocycles. The van der Waals surface area contributed by atoms with E-state index in [1.54, 1.807) is 18.7 Å². The van der Waals surface area contributed by atoms with Crippen molar-refractivity contribution in [3.63, 3.8) is 0 Å². The van der Waals surface area contributed by atoms with Crippen molar-refractivity contribution in [2.75, 3.05) is 18.6 Å². The maximum atomic E-state index is 11.9. The van der Waals surface area contributed by atoms with E-state index in [1.807, 2.05) is 6.26 Å². The predicted octanol–water partition coefficient (Wildman–Crippen LogP) is 1.60. The lowest BCUT2D eigenvalue weighted by molar-refractivity contribution is -0.155. The van der Waals surface area contributed by atoms with E-state index in [9.17, 15) is 9.59 Å². The molecule has 5 heteroatoms. The summed E-state index contributed by atoms with van der Waals surface area (Å²) in [6, 6.07) is 0. The minimum absolute atomic E-state index is 0.0172. The van der Waals surface area contributed by atoms with Crippen LogP contribution in [0.1, 0.15) is 32.6 Å². The molecule has 1 saturated heterocycles. The van der Waals surface area contributed by atoms with Gasteiger partial charge in [0.25, 0.3) is 0 Å². The van der Waals surface area contributed by atoms with Crippen LogP contribution >= 0.6 is 11.8 Å². The summed E-state index contributed by atoms with van der Waals surface area (Å²) in [6.07, 6.45) is 4.64. The molecule has 0 aromatic rings. The molecule has 1 rings (SSSR count). The first-order chi connectivity index (χ1) is 7.52. The van der Waals surface area contributed by atoms with E-state index < -0.39 is 11.5 Å². The van der Waals surface area contributed by atoms with Crippen LogP contribution in [0.3, 0.4) is 0 Å². The number of hydrogen-bond donors (Lipinski definition) is 1. The van der Waals surface area contributed by atoms with Crippen molar-refractivity contribution in [3.8, 4) is 0 Å². The standard InChI is InChI=1S/C11H19NO3S/c1-11(10(14)15)6-4-7-12(11)9(13)5-3-8-16-2/h3-8H2,1-2H3,(H,14,15). The molecule has 1 unspecified atom stereocenters. The van der Waals surface area contributed by atoms with Crippen molar-refractivity contribution in [1.29, 1.82) is 0 Å². The van der Waals surface area contributed by atoms with E-state index in [0.717, 1.165) is 18.6 Å². The highest BCUT2D eigenvalue weighted by Crippen LogP contribution is 2.30. The zero-order valence-corrected chi connectivity index (χ0v) is 10.7. The first-order valence-electron chi connectivity index (χ1n) is 5.55. The average molecular weight is 245 g/mol. The number of likely N-dealkylation sites (tertiary alicyclic amines) is 1. The first kappa shape index (κ1) is 13.4. The molecule has 1 amide bonds. The summed E-state index contributed by atoms with van der Waals surface area (Å²) in [5, 5.41) is 9.17. The van der Waals surface area contributed by atoms with Crippen LogP contribution in [0.4, 0.5) is 0 Å². The molecule has 0 saturated carbocycles. The van der Waals surface area contributed by atoms with Gasteiger partial charge in [-0.25, -0.2) is 4.79 Å². The number of thioether (sulfide) groups is 1. The van der Waals surface area contributed by atoms with E-state index in [0.29, 0.717) is 19.4 Å². The third-order valence-electron chi connectivity index (χ3n) is 3.14. The van der Waals surface area contributed by atoms with Crippen LogP contribution in [0.25, 0.3) is 0 Å². The van der Waals surface area contributed by atoms with Crippen molar-refractivity contribution < 1.29 is 14.7 Å². The smallest absolute Gasteiger partial charge is 0.329 e. The predicted molar refractivity (Wildman–Crippen MR) is 64.6 cm³/mol. The molecule has 0 radical (unpaired) electrons. The second-order valence-corrected chi connectivity index (χ2v) is 5.31. The molecule has 16 heavy (non-hydrogen) atoms. The third-order valence-corrected chi connectivity index (χ3v) is 3.84. The van der Waals surface area contributed by atoms with Crippen LogP contribution in [0.15, 0.2) is 0 Å². The van der Waals surface area contributed by atoms with Crippen molar-refractivity contribution in [2.24, 2.45) is 0 Å². The van der Waals surface area contributed by atoms with Crippen molar-refractivity contribution in [3.05, 3.63) is 0 Å². The number of rotatable bonds is 5. The van der Waals surface area contributed by atoms with Gasteiger partial charge in [0.05, 0.1) is 0 Å². The zero-order valence-electron chi connectivity index (χ0n) is 9.86. The average Bonchev–Trinajstić information content (AvgIpc) is 2.62. The SMILES string of the molecule is CSCCCC(=O)N1CCCC1(C)C(=O)O. The summed E-state index contributed by atoms with van der Waals surface area (Å²) in [7, 11) is 0. The highest BCUT2D eigenvalue weighted by molar-refractivity contribution is 7.98. The minimum atomic E-state index is -0.976. The van der Waals surface area contributed by atoms with Crippen LogP contribution in [0.5, 0.6) is 0 Å². The van der Waals surface area contributed by atoms with Gasteiger partial charge in [-0.1, -0.05) is 0 Å². The highest BCUT2D eigenvalue weighted by Gasteiger charge is 2.45. The molecule has 1 N–H and O–H groups in total. The Morgan fingerprint density at radius 3 is 2.75 bits per heavy atom. The lowest BCUT2D eigenvalue weighted by Crippen LogP contribution is -2.50. The number of aliphatic carboxylic acids is 1. The van der Waals surface area contributed by atoms with Gasteiger partial charge in [0.15, 0.2) is 0 Å². The Morgan fingerprint density at radius 2 is 2.19 bits per heavy atom. The van der Waals surface area contributed by atoms with E-state index in [-0.39, 0.29) is 5.91 Å². The Labute approximate surface area is 100 Å². The maximum Gasteiger partial charge on any atom is 0.329 e. The van der Waals surface area contributed by atoms with Gasteiger partial charge in [-0.3, -0.25) is 4.79 Å². The molecule has 1 atom stereocenters. The number of amides is 1. The fraction of sp³-hybridized carbons (Fsp3) is 0.818. The molecule has 4 nitrogen and oxygen atoms in total. The number of carboxylic acids is 1. The fourth-order valence-electron chi connectivity index (χ4n) is 2.09. The van der Waals surface area contributed by atoms with E-state index >= 15 is 0 Å². The molecule has 0 aromatic heterocycles. The van der Waals surface area contributed by atoms with Gasteiger partial charge in [0.2, 0.25) is 5.91 Å². The Hall–Kier alpha value is -0.710. The molecular formula is C11H19NO3S. The first-order valence-corrected chi connectivity index (χ1v) is 6.94. The monoisotopic (exact) mass is 245 g/mol. The normalized spacial score (nSPS) is 24.8. The maximum absolute atomic E-state index is 11.9. The van der Waals surface area contributed by atoms with Gasteiger partial charge in [-0.05, 0) is 38.2 Å².